The molecule has 1 heterocycles. The molecule has 2 atom stereocenters. The number of para-hydroxylation sites is 1. The summed E-state index contributed by atoms with van der Waals surface area (Å²) in [7, 11) is 1.57. The van der Waals surface area contributed by atoms with Gasteiger partial charge in [0.25, 0.3) is 5.91 Å². The highest BCUT2D eigenvalue weighted by Gasteiger charge is 2.37. The maximum Gasteiger partial charge on any atom is 0.305 e. The SMILES string of the molecule is COC1CC(CC(=O)O)N(C(=O)c2cccc(Oc3ccccc3)c2)C1. The molecule has 1 aliphatic heterocycles. The maximum absolute atomic E-state index is 12.9. The number of amides is 1. The Hall–Kier alpha value is -2.86. The molecule has 2 unspecified atom stereocenters. The maximum atomic E-state index is 12.9. The molecule has 1 aliphatic rings. The molecule has 0 bridgehead atoms. The number of carboxylic acid groups (broad SMARTS) is 1. The van der Waals surface area contributed by atoms with E-state index >= 15 is 0 Å². The third-order valence-corrected chi connectivity index (χ3v) is 4.44. The number of carboxylic acids is 1. The molecule has 1 saturated heterocycles. The number of hydrogen-bond acceptors (Lipinski definition) is 4. The first-order valence-electron chi connectivity index (χ1n) is 8.45. The lowest BCUT2D eigenvalue weighted by Gasteiger charge is -2.23. The highest BCUT2D eigenvalue weighted by atomic mass is 16.5. The van der Waals surface area contributed by atoms with Crippen molar-refractivity contribution >= 4 is 11.9 Å². The van der Waals surface area contributed by atoms with Crippen molar-refractivity contribution in [3.63, 3.8) is 0 Å². The number of carbonyl (C=O) groups is 2. The first kappa shape index (κ1) is 17.9. The van der Waals surface area contributed by atoms with Gasteiger partial charge in [-0.15, -0.1) is 0 Å². The average Bonchev–Trinajstić information content (AvgIpc) is 3.04. The number of ether oxygens (including phenoxy) is 2. The Balaban J connectivity index is 1.78. The molecule has 0 saturated carbocycles. The van der Waals surface area contributed by atoms with E-state index in [0.717, 1.165) is 0 Å². The molecule has 0 spiro atoms. The highest BCUT2D eigenvalue weighted by molar-refractivity contribution is 5.95. The van der Waals surface area contributed by atoms with E-state index in [2.05, 4.69) is 0 Å². The van der Waals surface area contributed by atoms with E-state index in [4.69, 9.17) is 14.6 Å². The van der Waals surface area contributed by atoms with Gasteiger partial charge < -0.3 is 19.5 Å². The predicted octanol–water partition coefficient (Wildman–Crippen LogP) is 3.18. The Morgan fingerprint density at radius 1 is 1.12 bits per heavy atom. The van der Waals surface area contributed by atoms with Crippen LogP contribution in [-0.2, 0) is 9.53 Å². The van der Waals surface area contributed by atoms with Crippen LogP contribution < -0.4 is 4.74 Å². The molecule has 136 valence electrons. The van der Waals surface area contributed by atoms with Crippen molar-refractivity contribution < 1.29 is 24.2 Å². The summed E-state index contributed by atoms with van der Waals surface area (Å²) in [6, 6.07) is 15.8. The molecule has 26 heavy (non-hydrogen) atoms. The van der Waals surface area contributed by atoms with Gasteiger partial charge in [-0.3, -0.25) is 9.59 Å². The van der Waals surface area contributed by atoms with E-state index in [9.17, 15) is 9.59 Å². The van der Waals surface area contributed by atoms with Crippen molar-refractivity contribution in [2.75, 3.05) is 13.7 Å². The van der Waals surface area contributed by atoms with Crippen LogP contribution in [0.4, 0.5) is 0 Å². The van der Waals surface area contributed by atoms with Crippen LogP contribution in [-0.4, -0.2) is 47.7 Å². The zero-order valence-electron chi connectivity index (χ0n) is 14.5. The number of likely N-dealkylation sites (tertiary alicyclic amines) is 1. The highest BCUT2D eigenvalue weighted by Crippen LogP contribution is 2.27. The van der Waals surface area contributed by atoms with E-state index in [-0.39, 0.29) is 24.5 Å². The minimum Gasteiger partial charge on any atom is -0.481 e. The second-order valence-electron chi connectivity index (χ2n) is 6.25. The number of nitrogens with zero attached hydrogens (tertiary/aromatic N) is 1. The quantitative estimate of drug-likeness (QED) is 0.861. The van der Waals surface area contributed by atoms with Crippen LogP contribution in [0.1, 0.15) is 23.2 Å². The molecule has 2 aromatic carbocycles. The van der Waals surface area contributed by atoms with Crippen molar-refractivity contribution in [1.29, 1.82) is 0 Å². The van der Waals surface area contributed by atoms with E-state index in [1.165, 1.54) is 0 Å². The molecule has 6 nitrogen and oxygen atoms in total. The Morgan fingerprint density at radius 3 is 2.54 bits per heavy atom. The standard InChI is InChI=1S/C20H21NO5/c1-25-18-11-15(12-19(22)23)21(13-18)20(24)14-6-5-9-17(10-14)26-16-7-3-2-4-8-16/h2-10,15,18H,11-13H2,1H3,(H,22,23). The van der Waals surface area contributed by atoms with Crippen LogP contribution in [0.25, 0.3) is 0 Å². The second kappa shape index (κ2) is 8.01. The number of rotatable bonds is 6. The lowest BCUT2D eigenvalue weighted by Crippen LogP contribution is -2.37. The summed E-state index contributed by atoms with van der Waals surface area (Å²) >= 11 is 0. The molecule has 0 aromatic heterocycles. The van der Waals surface area contributed by atoms with E-state index in [1.807, 2.05) is 30.3 Å². The van der Waals surface area contributed by atoms with Crippen molar-refractivity contribution in [2.24, 2.45) is 0 Å². The Bertz CT molecular complexity index is 777. The predicted molar refractivity (Wildman–Crippen MR) is 95.4 cm³/mol. The van der Waals surface area contributed by atoms with Gasteiger partial charge in [-0.1, -0.05) is 24.3 Å². The van der Waals surface area contributed by atoms with Crippen LogP contribution >= 0.6 is 0 Å². The summed E-state index contributed by atoms with van der Waals surface area (Å²) < 4.78 is 11.1. The Morgan fingerprint density at radius 2 is 1.85 bits per heavy atom. The molecule has 1 amide bonds. The minimum atomic E-state index is -0.925. The third kappa shape index (κ3) is 4.21. The van der Waals surface area contributed by atoms with E-state index in [0.29, 0.717) is 30.0 Å². The summed E-state index contributed by atoms with van der Waals surface area (Å²) in [6.45, 7) is 0.386. The number of hydrogen-bond donors (Lipinski definition) is 1. The summed E-state index contributed by atoms with van der Waals surface area (Å²) in [5.41, 5.74) is 0.463. The number of benzene rings is 2. The fraction of sp³-hybridized carbons (Fsp3) is 0.300. The van der Waals surface area contributed by atoms with Gasteiger partial charge >= 0.3 is 5.97 Å². The van der Waals surface area contributed by atoms with E-state index in [1.54, 1.807) is 36.3 Å². The topological polar surface area (TPSA) is 76.1 Å². The molecule has 0 aliphatic carbocycles. The van der Waals surface area contributed by atoms with Gasteiger partial charge in [0.2, 0.25) is 0 Å². The number of methoxy groups -OCH3 is 1. The largest absolute Gasteiger partial charge is 0.481 e. The van der Waals surface area contributed by atoms with Crippen molar-refractivity contribution in [3.05, 3.63) is 60.2 Å². The van der Waals surface area contributed by atoms with Gasteiger partial charge in [-0.25, -0.2) is 0 Å². The molecule has 6 heteroatoms. The zero-order chi connectivity index (χ0) is 18.5. The van der Waals surface area contributed by atoms with Crippen LogP contribution in [0.3, 0.4) is 0 Å². The summed E-state index contributed by atoms with van der Waals surface area (Å²) in [5, 5.41) is 9.11. The molecule has 3 rings (SSSR count). The van der Waals surface area contributed by atoms with Crippen LogP contribution in [0.2, 0.25) is 0 Å². The van der Waals surface area contributed by atoms with Gasteiger partial charge in [-0.05, 0) is 36.8 Å². The average molecular weight is 355 g/mol. The van der Waals surface area contributed by atoms with Gasteiger partial charge in [0, 0.05) is 25.3 Å². The lowest BCUT2D eigenvalue weighted by atomic mass is 10.1. The molecule has 1 N–H and O–H groups in total. The summed E-state index contributed by atoms with van der Waals surface area (Å²) in [6.07, 6.45) is 0.285. The summed E-state index contributed by atoms with van der Waals surface area (Å²) in [4.78, 5) is 25.6. The monoisotopic (exact) mass is 355 g/mol. The molecular formula is C20H21NO5. The molecule has 0 radical (unpaired) electrons. The van der Waals surface area contributed by atoms with Gasteiger partial charge in [0.05, 0.1) is 12.5 Å². The Labute approximate surface area is 152 Å². The Kier molecular flexibility index (Phi) is 5.53. The fourth-order valence-corrected chi connectivity index (χ4v) is 3.17. The number of aliphatic carboxylic acids is 1. The minimum absolute atomic E-state index is 0.0915. The molecular weight excluding hydrogens is 334 g/mol. The normalized spacial score (nSPS) is 19.3. The molecule has 2 aromatic rings. The number of carbonyl (C=O) groups excluding carboxylic acids is 1. The fourth-order valence-electron chi connectivity index (χ4n) is 3.17. The van der Waals surface area contributed by atoms with Crippen LogP contribution in [0.15, 0.2) is 54.6 Å². The van der Waals surface area contributed by atoms with Gasteiger partial charge in [-0.2, -0.15) is 0 Å². The van der Waals surface area contributed by atoms with Crippen molar-refractivity contribution in [2.45, 2.75) is 25.0 Å². The van der Waals surface area contributed by atoms with Gasteiger partial charge in [0.15, 0.2) is 0 Å². The van der Waals surface area contributed by atoms with Crippen molar-refractivity contribution in [3.8, 4) is 11.5 Å². The first-order valence-corrected chi connectivity index (χ1v) is 8.45. The zero-order valence-corrected chi connectivity index (χ0v) is 14.5. The first-order chi connectivity index (χ1) is 12.6. The summed E-state index contributed by atoms with van der Waals surface area (Å²) in [5.74, 6) is 0.0980. The smallest absolute Gasteiger partial charge is 0.305 e. The lowest BCUT2D eigenvalue weighted by molar-refractivity contribution is -0.137. The van der Waals surface area contributed by atoms with Crippen LogP contribution in [0, 0.1) is 0 Å². The van der Waals surface area contributed by atoms with E-state index < -0.39 is 5.97 Å². The van der Waals surface area contributed by atoms with Crippen LogP contribution in [0.5, 0.6) is 11.5 Å². The second-order valence-corrected chi connectivity index (χ2v) is 6.25. The van der Waals surface area contributed by atoms with Crippen molar-refractivity contribution in [1.82, 2.24) is 4.90 Å². The molecule has 1 fully saturated rings. The van der Waals surface area contributed by atoms with Gasteiger partial charge in [0.1, 0.15) is 11.5 Å². The third-order valence-electron chi connectivity index (χ3n) is 4.44.